The zero-order chi connectivity index (χ0) is 30.8. The third-order valence-electron chi connectivity index (χ3n) is 9.01. The monoisotopic (exact) mass is 593 g/mol. The van der Waals surface area contributed by atoms with Crippen LogP contribution in [-0.4, -0.2) is 62.9 Å². The van der Waals surface area contributed by atoms with Crippen LogP contribution in [-0.2, 0) is 23.6 Å². The summed E-state index contributed by atoms with van der Waals surface area (Å²) in [5.74, 6) is 2.11. The van der Waals surface area contributed by atoms with E-state index in [1.807, 2.05) is 49.7 Å². The van der Waals surface area contributed by atoms with Crippen LogP contribution < -0.4 is 4.74 Å². The van der Waals surface area contributed by atoms with Crippen LogP contribution in [0.2, 0.25) is 0 Å². The van der Waals surface area contributed by atoms with Gasteiger partial charge in [0.25, 0.3) is 0 Å². The van der Waals surface area contributed by atoms with Crippen molar-refractivity contribution in [3.8, 4) is 28.3 Å². The quantitative estimate of drug-likeness (QED) is 0.199. The molecule has 0 N–H and O–H groups in total. The second-order valence-corrected chi connectivity index (χ2v) is 13.5. The summed E-state index contributed by atoms with van der Waals surface area (Å²) >= 11 is 0. The average molecular weight is 594 g/mol. The number of hydrogen-bond donors (Lipinski definition) is 0. The standard InChI is InChI=1S/C35H39N5O4/c1-34(2,3)44-33(41)40-19-35(20-40)16-25(17-35)32-37-30(23-11-12-29-24(13-23)18-36-39(29)5)31(38(32)4)28-15-26(43-21-42-6)14-22-9-7-8-10-27(22)28/h7-15,18,25H,16-17,19-21H2,1-6H3. The number of imidazole rings is 1. The Labute approximate surface area is 257 Å². The smallest absolute Gasteiger partial charge is 0.410 e. The molecular weight excluding hydrogens is 554 g/mol. The lowest BCUT2D eigenvalue weighted by Crippen LogP contribution is -2.63. The van der Waals surface area contributed by atoms with Crippen LogP contribution in [0.25, 0.3) is 44.2 Å². The van der Waals surface area contributed by atoms with Crippen molar-refractivity contribution in [2.75, 3.05) is 27.0 Å². The fourth-order valence-electron chi connectivity index (χ4n) is 7.04. The predicted octanol–water partition coefficient (Wildman–Crippen LogP) is 6.89. The van der Waals surface area contributed by atoms with Gasteiger partial charge in [0.2, 0.25) is 0 Å². The Bertz CT molecular complexity index is 1880. The third kappa shape index (κ3) is 4.89. The van der Waals surface area contributed by atoms with E-state index in [-0.39, 0.29) is 18.3 Å². The molecule has 0 bridgehead atoms. The molecule has 0 atom stereocenters. The molecule has 0 unspecified atom stereocenters. The number of benzene rings is 3. The molecule has 2 aliphatic rings. The highest BCUT2D eigenvalue weighted by atomic mass is 16.7. The van der Waals surface area contributed by atoms with Crippen molar-refractivity contribution in [2.45, 2.75) is 45.1 Å². The maximum atomic E-state index is 12.6. The molecule has 5 aromatic rings. The van der Waals surface area contributed by atoms with E-state index in [0.29, 0.717) is 5.92 Å². The number of aryl methyl sites for hydroxylation is 1. The summed E-state index contributed by atoms with van der Waals surface area (Å²) in [6, 6.07) is 19.0. The highest BCUT2D eigenvalue weighted by molar-refractivity contribution is 6.00. The summed E-state index contributed by atoms with van der Waals surface area (Å²) in [7, 11) is 5.71. The van der Waals surface area contributed by atoms with Crippen molar-refractivity contribution < 1.29 is 19.0 Å². The number of aromatic nitrogens is 4. The van der Waals surface area contributed by atoms with Gasteiger partial charge in [0.1, 0.15) is 17.2 Å². The van der Waals surface area contributed by atoms with Crippen LogP contribution in [0.5, 0.6) is 5.75 Å². The van der Waals surface area contributed by atoms with Gasteiger partial charge in [0, 0.05) is 62.1 Å². The molecule has 2 fully saturated rings. The van der Waals surface area contributed by atoms with Gasteiger partial charge in [-0.1, -0.05) is 30.3 Å². The van der Waals surface area contributed by atoms with Gasteiger partial charge < -0.3 is 23.7 Å². The first-order chi connectivity index (χ1) is 21.0. The van der Waals surface area contributed by atoms with Crippen LogP contribution in [0.1, 0.15) is 45.4 Å². The molecule has 9 heteroatoms. The number of rotatable bonds is 6. The Morgan fingerprint density at radius 1 is 1.02 bits per heavy atom. The number of nitrogens with zero attached hydrogens (tertiary/aromatic N) is 5. The fraction of sp³-hybridized carbons (Fsp3) is 0.400. The summed E-state index contributed by atoms with van der Waals surface area (Å²) in [4.78, 5) is 19.8. The largest absolute Gasteiger partial charge is 0.468 e. The van der Waals surface area contributed by atoms with E-state index in [4.69, 9.17) is 19.2 Å². The number of hydrogen-bond acceptors (Lipinski definition) is 6. The molecule has 2 aromatic heterocycles. The lowest BCUT2D eigenvalue weighted by molar-refractivity contribution is -0.0800. The molecule has 7 rings (SSSR count). The molecular formula is C35H39N5O4. The van der Waals surface area contributed by atoms with Crippen molar-refractivity contribution in [1.82, 2.24) is 24.2 Å². The van der Waals surface area contributed by atoms with E-state index in [1.165, 1.54) is 0 Å². The van der Waals surface area contributed by atoms with Crippen molar-refractivity contribution in [3.05, 3.63) is 66.6 Å². The summed E-state index contributed by atoms with van der Waals surface area (Å²) in [5.41, 5.74) is 4.82. The van der Waals surface area contributed by atoms with E-state index in [0.717, 1.165) is 81.7 Å². The molecule has 228 valence electrons. The van der Waals surface area contributed by atoms with Gasteiger partial charge in [-0.25, -0.2) is 9.78 Å². The number of carbonyl (C=O) groups excluding carboxylic acids is 1. The van der Waals surface area contributed by atoms with Gasteiger partial charge in [-0.3, -0.25) is 4.68 Å². The second-order valence-electron chi connectivity index (χ2n) is 13.5. The molecule has 3 aromatic carbocycles. The molecule has 1 amide bonds. The second kappa shape index (κ2) is 10.4. The Morgan fingerprint density at radius 2 is 1.80 bits per heavy atom. The minimum atomic E-state index is -0.489. The average Bonchev–Trinajstić information content (AvgIpc) is 3.48. The number of amides is 1. The summed E-state index contributed by atoms with van der Waals surface area (Å²) in [6.45, 7) is 7.37. The normalized spacial score (nSPS) is 16.4. The third-order valence-corrected chi connectivity index (χ3v) is 9.01. The van der Waals surface area contributed by atoms with E-state index < -0.39 is 5.60 Å². The lowest BCUT2D eigenvalue weighted by atomic mass is 9.57. The van der Waals surface area contributed by atoms with Crippen LogP contribution >= 0.6 is 0 Å². The van der Waals surface area contributed by atoms with Gasteiger partial charge in [-0.05, 0) is 68.7 Å². The van der Waals surface area contributed by atoms with Crippen LogP contribution in [0.3, 0.4) is 0 Å². The highest BCUT2D eigenvalue weighted by Crippen LogP contribution is 2.57. The predicted molar refractivity (Wildman–Crippen MR) is 171 cm³/mol. The van der Waals surface area contributed by atoms with Gasteiger partial charge in [-0.2, -0.15) is 5.10 Å². The Kier molecular flexibility index (Phi) is 6.69. The molecule has 1 aliphatic heterocycles. The molecule has 9 nitrogen and oxygen atoms in total. The maximum absolute atomic E-state index is 12.6. The first kappa shape index (κ1) is 28.4. The summed E-state index contributed by atoms with van der Waals surface area (Å²) in [5, 5.41) is 7.76. The lowest BCUT2D eigenvalue weighted by Gasteiger charge is -2.58. The number of methoxy groups -OCH3 is 1. The number of ether oxygens (including phenoxy) is 3. The molecule has 1 saturated carbocycles. The SMILES string of the molecule is COCOc1cc(-c2c(-c3ccc4c(cnn4C)c3)nc(C3CC4(C3)CN(C(=O)OC(C)(C)C)C4)n2C)c2ccccc2c1. The van der Waals surface area contributed by atoms with Crippen LogP contribution in [0.15, 0.2) is 60.8 Å². The van der Waals surface area contributed by atoms with Crippen LogP contribution in [0, 0.1) is 5.41 Å². The zero-order valence-electron chi connectivity index (χ0n) is 26.3. The zero-order valence-corrected chi connectivity index (χ0v) is 26.3. The topological polar surface area (TPSA) is 83.6 Å². The van der Waals surface area contributed by atoms with E-state index in [9.17, 15) is 4.79 Å². The Morgan fingerprint density at radius 3 is 2.55 bits per heavy atom. The van der Waals surface area contributed by atoms with E-state index in [1.54, 1.807) is 7.11 Å². The van der Waals surface area contributed by atoms with Crippen molar-refractivity contribution in [1.29, 1.82) is 0 Å². The van der Waals surface area contributed by atoms with Crippen molar-refractivity contribution in [2.24, 2.45) is 19.5 Å². The van der Waals surface area contributed by atoms with Gasteiger partial charge in [0.15, 0.2) is 6.79 Å². The number of likely N-dealkylation sites (tertiary alicyclic amines) is 1. The minimum absolute atomic E-state index is 0.142. The number of carbonyl (C=O) groups is 1. The van der Waals surface area contributed by atoms with Crippen molar-refractivity contribution >= 4 is 27.8 Å². The summed E-state index contributed by atoms with van der Waals surface area (Å²) in [6.07, 6.45) is 3.67. The van der Waals surface area contributed by atoms with Gasteiger partial charge in [-0.15, -0.1) is 0 Å². The number of fused-ring (bicyclic) bond motifs is 2. The molecule has 1 saturated heterocycles. The van der Waals surface area contributed by atoms with Crippen molar-refractivity contribution in [3.63, 3.8) is 0 Å². The first-order valence-electron chi connectivity index (χ1n) is 15.2. The first-order valence-corrected chi connectivity index (χ1v) is 15.2. The van der Waals surface area contributed by atoms with Gasteiger partial charge in [0.05, 0.1) is 23.1 Å². The van der Waals surface area contributed by atoms with E-state index >= 15 is 0 Å². The minimum Gasteiger partial charge on any atom is -0.468 e. The highest BCUT2D eigenvalue weighted by Gasteiger charge is 2.55. The summed E-state index contributed by atoms with van der Waals surface area (Å²) < 4.78 is 20.9. The molecule has 0 radical (unpaired) electrons. The fourth-order valence-corrected chi connectivity index (χ4v) is 7.04. The maximum Gasteiger partial charge on any atom is 0.410 e. The molecule has 1 spiro atoms. The Hall–Kier alpha value is -4.37. The van der Waals surface area contributed by atoms with E-state index in [2.05, 4.69) is 65.2 Å². The van der Waals surface area contributed by atoms with Crippen LogP contribution in [0.4, 0.5) is 4.79 Å². The Balaban J connectivity index is 1.28. The molecule has 3 heterocycles. The van der Waals surface area contributed by atoms with Gasteiger partial charge >= 0.3 is 6.09 Å². The molecule has 44 heavy (non-hydrogen) atoms. The molecule has 1 aliphatic carbocycles.